The maximum atomic E-state index is 9.61. The summed E-state index contributed by atoms with van der Waals surface area (Å²) < 4.78 is 10.7. The van der Waals surface area contributed by atoms with Crippen molar-refractivity contribution in [3.63, 3.8) is 0 Å². The van der Waals surface area contributed by atoms with Crippen LogP contribution < -0.4 is 9.47 Å². The van der Waals surface area contributed by atoms with E-state index in [9.17, 15) is 5.11 Å². The molecule has 0 radical (unpaired) electrons. The van der Waals surface area contributed by atoms with Crippen molar-refractivity contribution in [2.24, 2.45) is 0 Å². The van der Waals surface area contributed by atoms with Crippen molar-refractivity contribution < 1.29 is 19.7 Å². The Hall–Kier alpha value is -1.26. The molecule has 0 unspecified atom stereocenters. The van der Waals surface area contributed by atoms with E-state index in [1.54, 1.807) is 32.2 Å². The highest BCUT2D eigenvalue weighted by atomic mass is 16.5. The smallest absolute Gasteiger partial charge is 0.128 e. The van der Waals surface area contributed by atoms with Gasteiger partial charge in [0.1, 0.15) is 11.5 Å². The lowest BCUT2D eigenvalue weighted by Crippen LogP contribution is -2.03. The number of aliphatic hydroxyl groups is 2. The normalized spacial score (nSPS) is 12.2. The number of ether oxygens (including phenoxy) is 2. The second-order valence-electron chi connectivity index (χ2n) is 3.86. The summed E-state index contributed by atoms with van der Waals surface area (Å²) >= 11 is 0. The Morgan fingerprint density at radius 3 is 2.65 bits per heavy atom. The first-order valence-electron chi connectivity index (χ1n) is 5.78. The molecule has 0 aliphatic rings. The van der Waals surface area contributed by atoms with E-state index >= 15 is 0 Å². The minimum Gasteiger partial charge on any atom is -0.497 e. The van der Waals surface area contributed by atoms with Gasteiger partial charge in [-0.05, 0) is 31.9 Å². The number of hydrogen-bond acceptors (Lipinski definition) is 4. The fraction of sp³-hybridized carbons (Fsp3) is 0.538. The second-order valence-corrected chi connectivity index (χ2v) is 3.86. The van der Waals surface area contributed by atoms with Crippen molar-refractivity contribution in [1.82, 2.24) is 0 Å². The summed E-state index contributed by atoms with van der Waals surface area (Å²) in [5, 5.41) is 18.3. The van der Waals surface area contributed by atoms with Crippen LogP contribution in [-0.4, -0.2) is 30.5 Å². The topological polar surface area (TPSA) is 58.9 Å². The standard InChI is InChI=1S/C13H20O4/c1-10(15)12-6-5-11(16-2)9-13(12)17-8-4-3-7-14/h5-6,9-10,14-15H,3-4,7-8H2,1-2H3/t10-/m1/s1. The molecule has 0 spiro atoms. The van der Waals surface area contributed by atoms with E-state index in [1.807, 2.05) is 0 Å². The van der Waals surface area contributed by atoms with Crippen molar-refractivity contribution >= 4 is 0 Å². The first kappa shape index (κ1) is 13.8. The van der Waals surface area contributed by atoms with E-state index in [0.717, 1.165) is 12.0 Å². The summed E-state index contributed by atoms with van der Waals surface area (Å²) in [6, 6.07) is 5.36. The van der Waals surface area contributed by atoms with Gasteiger partial charge in [0.2, 0.25) is 0 Å². The lowest BCUT2D eigenvalue weighted by molar-refractivity contribution is 0.189. The van der Waals surface area contributed by atoms with Crippen LogP contribution in [0.25, 0.3) is 0 Å². The van der Waals surface area contributed by atoms with Gasteiger partial charge in [-0.3, -0.25) is 0 Å². The molecule has 17 heavy (non-hydrogen) atoms. The second kappa shape index (κ2) is 7.14. The fourth-order valence-corrected chi connectivity index (χ4v) is 1.51. The lowest BCUT2D eigenvalue weighted by atomic mass is 10.1. The minimum atomic E-state index is -0.575. The third-order valence-electron chi connectivity index (χ3n) is 2.48. The Balaban J connectivity index is 2.71. The van der Waals surface area contributed by atoms with Crippen LogP contribution in [0, 0.1) is 0 Å². The predicted molar refractivity (Wildman–Crippen MR) is 65.4 cm³/mol. The van der Waals surface area contributed by atoms with E-state index in [4.69, 9.17) is 14.6 Å². The van der Waals surface area contributed by atoms with E-state index in [0.29, 0.717) is 24.5 Å². The van der Waals surface area contributed by atoms with E-state index in [2.05, 4.69) is 0 Å². The van der Waals surface area contributed by atoms with Gasteiger partial charge in [0.15, 0.2) is 0 Å². The first-order chi connectivity index (χ1) is 8.19. The predicted octanol–water partition coefficient (Wildman–Crippen LogP) is 1.90. The van der Waals surface area contributed by atoms with Crippen molar-refractivity contribution in [1.29, 1.82) is 0 Å². The van der Waals surface area contributed by atoms with Crippen molar-refractivity contribution in [3.05, 3.63) is 23.8 Å². The van der Waals surface area contributed by atoms with E-state index in [-0.39, 0.29) is 6.61 Å². The van der Waals surface area contributed by atoms with Gasteiger partial charge >= 0.3 is 0 Å². The summed E-state index contributed by atoms with van der Waals surface area (Å²) in [6.45, 7) is 2.39. The maximum Gasteiger partial charge on any atom is 0.128 e. The molecule has 0 heterocycles. The highest BCUT2D eigenvalue weighted by Crippen LogP contribution is 2.29. The summed E-state index contributed by atoms with van der Waals surface area (Å²) in [6.07, 6.45) is 0.926. The Bertz CT molecular complexity index is 336. The number of benzene rings is 1. The largest absolute Gasteiger partial charge is 0.497 e. The van der Waals surface area contributed by atoms with Gasteiger partial charge in [-0.1, -0.05) is 0 Å². The lowest BCUT2D eigenvalue weighted by Gasteiger charge is -2.14. The molecule has 0 bridgehead atoms. The number of aliphatic hydroxyl groups excluding tert-OH is 2. The molecular weight excluding hydrogens is 220 g/mol. The van der Waals surface area contributed by atoms with Crippen LogP contribution in [0.4, 0.5) is 0 Å². The average molecular weight is 240 g/mol. The summed E-state index contributed by atoms with van der Waals surface area (Å²) in [5.41, 5.74) is 0.745. The van der Waals surface area contributed by atoms with Crippen LogP contribution in [0.1, 0.15) is 31.4 Å². The van der Waals surface area contributed by atoms with Gasteiger partial charge in [0, 0.05) is 18.2 Å². The molecule has 1 atom stereocenters. The van der Waals surface area contributed by atoms with Gasteiger partial charge in [-0.2, -0.15) is 0 Å². The molecule has 0 fully saturated rings. The number of rotatable bonds is 7. The molecule has 0 aliphatic carbocycles. The van der Waals surface area contributed by atoms with Crippen molar-refractivity contribution in [2.75, 3.05) is 20.3 Å². The molecule has 4 heteroatoms. The molecule has 0 aliphatic heterocycles. The summed E-state index contributed by atoms with van der Waals surface area (Å²) in [5.74, 6) is 1.34. The highest BCUT2D eigenvalue weighted by Gasteiger charge is 2.10. The molecule has 4 nitrogen and oxygen atoms in total. The van der Waals surface area contributed by atoms with Crippen molar-refractivity contribution in [2.45, 2.75) is 25.9 Å². The van der Waals surface area contributed by atoms with Crippen LogP contribution in [0.2, 0.25) is 0 Å². The van der Waals surface area contributed by atoms with Gasteiger partial charge in [-0.25, -0.2) is 0 Å². The number of hydrogen-bond donors (Lipinski definition) is 2. The van der Waals surface area contributed by atoms with Crippen LogP contribution in [-0.2, 0) is 0 Å². The van der Waals surface area contributed by atoms with E-state index in [1.165, 1.54) is 0 Å². The molecule has 0 amide bonds. The van der Waals surface area contributed by atoms with Gasteiger partial charge < -0.3 is 19.7 Å². The fourth-order valence-electron chi connectivity index (χ4n) is 1.51. The molecule has 1 aromatic rings. The van der Waals surface area contributed by atoms with E-state index < -0.39 is 6.10 Å². The Kier molecular flexibility index (Phi) is 5.80. The molecule has 0 aromatic heterocycles. The van der Waals surface area contributed by atoms with Gasteiger partial charge in [0.25, 0.3) is 0 Å². The Labute approximate surface area is 102 Å². The third-order valence-corrected chi connectivity index (χ3v) is 2.48. The molecule has 1 aromatic carbocycles. The first-order valence-corrected chi connectivity index (χ1v) is 5.78. The summed E-state index contributed by atoms with van der Waals surface area (Å²) in [4.78, 5) is 0. The molecular formula is C13H20O4. The van der Waals surface area contributed by atoms with Gasteiger partial charge in [0.05, 0.1) is 19.8 Å². The number of unbranched alkanes of at least 4 members (excludes halogenated alkanes) is 1. The molecule has 0 saturated carbocycles. The van der Waals surface area contributed by atoms with Crippen LogP contribution in [0.15, 0.2) is 18.2 Å². The average Bonchev–Trinajstić information content (AvgIpc) is 2.34. The highest BCUT2D eigenvalue weighted by molar-refractivity contribution is 5.41. The van der Waals surface area contributed by atoms with Crippen LogP contribution >= 0.6 is 0 Å². The molecule has 0 saturated heterocycles. The van der Waals surface area contributed by atoms with Gasteiger partial charge in [-0.15, -0.1) is 0 Å². The molecule has 96 valence electrons. The van der Waals surface area contributed by atoms with Crippen LogP contribution in [0.5, 0.6) is 11.5 Å². The zero-order valence-electron chi connectivity index (χ0n) is 10.3. The minimum absolute atomic E-state index is 0.171. The molecule has 1 rings (SSSR count). The monoisotopic (exact) mass is 240 g/mol. The number of methoxy groups -OCH3 is 1. The molecule has 2 N–H and O–H groups in total. The Morgan fingerprint density at radius 2 is 2.06 bits per heavy atom. The third kappa shape index (κ3) is 4.24. The van der Waals surface area contributed by atoms with Crippen LogP contribution in [0.3, 0.4) is 0 Å². The maximum absolute atomic E-state index is 9.61. The SMILES string of the molecule is COc1ccc([C@@H](C)O)c(OCCCCO)c1. The Morgan fingerprint density at radius 1 is 1.29 bits per heavy atom. The summed E-state index contributed by atoms with van der Waals surface area (Å²) in [7, 11) is 1.59. The quantitative estimate of drug-likeness (QED) is 0.715. The van der Waals surface area contributed by atoms with Crippen molar-refractivity contribution in [3.8, 4) is 11.5 Å². The zero-order valence-corrected chi connectivity index (χ0v) is 10.3. The zero-order chi connectivity index (χ0) is 12.7.